The summed E-state index contributed by atoms with van der Waals surface area (Å²) in [6, 6.07) is 60.3. The van der Waals surface area contributed by atoms with Crippen LogP contribution in [0.4, 0.5) is 0 Å². The van der Waals surface area contributed by atoms with Crippen LogP contribution in [0.25, 0.3) is 105 Å². The third kappa shape index (κ3) is 4.17. The molecule has 2 heterocycles. The second-order valence-corrected chi connectivity index (χ2v) is 13.2. The van der Waals surface area contributed by atoms with Gasteiger partial charge in [-0.25, -0.2) is 15.0 Å². The van der Waals surface area contributed by atoms with Gasteiger partial charge in [0, 0.05) is 27.5 Å². The highest BCUT2D eigenvalue weighted by molar-refractivity contribution is 6.31. The maximum atomic E-state index is 5.15. The van der Waals surface area contributed by atoms with Gasteiger partial charge in [-0.3, -0.25) is 0 Å². The monoisotopic (exact) mass is 648 g/mol. The molecule has 10 aromatic rings. The smallest absolute Gasteiger partial charge is 0.166 e. The van der Waals surface area contributed by atoms with E-state index in [2.05, 4.69) is 138 Å². The minimum atomic E-state index is 0.634. The third-order valence-corrected chi connectivity index (χ3v) is 10.3. The molecule has 4 nitrogen and oxygen atoms in total. The summed E-state index contributed by atoms with van der Waals surface area (Å²) in [7, 11) is 0. The maximum Gasteiger partial charge on any atom is 0.166 e. The number of hydrogen-bond donors (Lipinski definition) is 0. The number of nitrogens with zero attached hydrogens (tertiary/aromatic N) is 4. The van der Waals surface area contributed by atoms with Gasteiger partial charge < -0.3 is 4.57 Å². The van der Waals surface area contributed by atoms with Crippen molar-refractivity contribution in [3.8, 4) is 62.1 Å². The van der Waals surface area contributed by atoms with Gasteiger partial charge in [-0.2, -0.15) is 0 Å². The maximum absolute atomic E-state index is 5.15. The van der Waals surface area contributed by atoms with Gasteiger partial charge in [0.2, 0.25) is 0 Å². The molecule has 0 spiro atoms. The average Bonchev–Trinajstić information content (AvgIpc) is 3.49. The van der Waals surface area contributed by atoms with E-state index >= 15 is 0 Å². The highest BCUT2D eigenvalue weighted by Crippen LogP contribution is 2.50. The first kappa shape index (κ1) is 28.0. The van der Waals surface area contributed by atoms with Crippen LogP contribution in [0.1, 0.15) is 0 Å². The molecule has 0 atom stereocenters. The minimum absolute atomic E-state index is 0.634. The van der Waals surface area contributed by atoms with Crippen LogP contribution in [-0.4, -0.2) is 19.5 Å². The van der Waals surface area contributed by atoms with Crippen molar-refractivity contribution in [2.75, 3.05) is 0 Å². The third-order valence-electron chi connectivity index (χ3n) is 10.3. The van der Waals surface area contributed by atoms with Crippen molar-refractivity contribution in [3.05, 3.63) is 170 Å². The lowest BCUT2D eigenvalue weighted by Crippen LogP contribution is -2.03. The van der Waals surface area contributed by atoms with Gasteiger partial charge >= 0.3 is 0 Å². The van der Waals surface area contributed by atoms with E-state index in [1.54, 1.807) is 0 Å². The molecule has 0 bridgehead atoms. The number of fused-ring (bicyclic) bond motifs is 4. The number of aromatic nitrogens is 4. The Bertz CT molecular complexity index is 2960. The molecule has 11 rings (SSSR count). The SMILES string of the molecule is c1ccc(-c2nc(-c3ccccc3)nc(-c3ccccc3-n3c4cccc5c4c4c6c(cccc6ccc43)-c3cc4ccccc4cc3-5)n2)cc1. The quantitative estimate of drug-likeness (QED) is 0.191. The van der Waals surface area contributed by atoms with Crippen molar-refractivity contribution in [1.82, 2.24) is 19.5 Å². The molecule has 0 unspecified atom stereocenters. The lowest BCUT2D eigenvalue weighted by atomic mass is 9.91. The molecular formula is C47H28N4. The summed E-state index contributed by atoms with van der Waals surface area (Å²) in [5.41, 5.74) is 11.2. The second kappa shape index (κ2) is 10.8. The molecule has 8 aromatic carbocycles. The van der Waals surface area contributed by atoms with Gasteiger partial charge in [-0.1, -0.05) is 133 Å². The molecule has 1 aliphatic rings. The molecule has 2 aromatic heterocycles. The fraction of sp³-hybridized carbons (Fsp3) is 0. The van der Waals surface area contributed by atoms with E-state index in [9.17, 15) is 0 Å². The Morgan fingerprint density at radius 3 is 1.51 bits per heavy atom. The summed E-state index contributed by atoms with van der Waals surface area (Å²) in [5.74, 6) is 1.93. The summed E-state index contributed by atoms with van der Waals surface area (Å²) >= 11 is 0. The van der Waals surface area contributed by atoms with Crippen LogP contribution in [0, 0.1) is 0 Å². The summed E-state index contributed by atoms with van der Waals surface area (Å²) in [6.45, 7) is 0. The first-order valence-electron chi connectivity index (χ1n) is 17.3. The molecule has 0 aliphatic heterocycles. The highest BCUT2D eigenvalue weighted by atomic mass is 15.1. The standard InChI is InChI=1S/C47H28N4/c1-3-13-30(14-4-1)45-48-46(31-15-5-2-6-16-31)50-47(49-45)36-20-9-10-23-39(36)51-40-24-12-22-35-38-28-33-18-8-7-17-32(33)27-37(38)34-21-11-19-29-25-26-41(51)44(42(29)34)43(35)40/h1-28H. The molecule has 0 saturated heterocycles. The first-order valence-corrected chi connectivity index (χ1v) is 17.3. The summed E-state index contributed by atoms with van der Waals surface area (Å²) in [4.78, 5) is 15.3. The van der Waals surface area contributed by atoms with Gasteiger partial charge in [-0.05, 0) is 80.2 Å². The molecule has 0 amide bonds. The van der Waals surface area contributed by atoms with E-state index in [1.807, 2.05) is 36.4 Å². The molecule has 0 fully saturated rings. The fourth-order valence-corrected chi connectivity index (χ4v) is 8.11. The summed E-state index contributed by atoms with van der Waals surface area (Å²) in [5, 5.41) is 7.55. The van der Waals surface area contributed by atoms with E-state index in [0.717, 1.165) is 33.4 Å². The zero-order chi connectivity index (χ0) is 33.5. The molecular weight excluding hydrogens is 621 g/mol. The Hall–Kier alpha value is -6.91. The zero-order valence-corrected chi connectivity index (χ0v) is 27.5. The van der Waals surface area contributed by atoms with Crippen molar-refractivity contribution >= 4 is 43.4 Å². The van der Waals surface area contributed by atoms with Gasteiger partial charge in [0.15, 0.2) is 17.5 Å². The van der Waals surface area contributed by atoms with Gasteiger partial charge in [-0.15, -0.1) is 0 Å². The molecule has 236 valence electrons. The van der Waals surface area contributed by atoms with Crippen LogP contribution in [0.15, 0.2) is 170 Å². The molecule has 0 radical (unpaired) electrons. The Morgan fingerprint density at radius 1 is 0.314 bits per heavy atom. The second-order valence-electron chi connectivity index (χ2n) is 13.2. The average molecular weight is 649 g/mol. The molecule has 1 aliphatic carbocycles. The number of rotatable bonds is 4. The van der Waals surface area contributed by atoms with E-state index in [0.29, 0.717) is 17.5 Å². The Balaban J connectivity index is 1.24. The summed E-state index contributed by atoms with van der Waals surface area (Å²) in [6.07, 6.45) is 0. The Kier molecular flexibility index (Phi) is 5.92. The largest absolute Gasteiger partial charge is 0.308 e. The molecule has 0 N–H and O–H groups in total. The number of benzene rings is 8. The normalized spacial score (nSPS) is 11.9. The van der Waals surface area contributed by atoms with Gasteiger partial charge in [0.1, 0.15) is 0 Å². The zero-order valence-electron chi connectivity index (χ0n) is 27.5. The predicted octanol–water partition coefficient (Wildman–Crippen LogP) is 11.9. The number of para-hydroxylation sites is 1. The first-order chi connectivity index (χ1) is 25.3. The molecule has 51 heavy (non-hydrogen) atoms. The number of hydrogen-bond acceptors (Lipinski definition) is 3. The van der Waals surface area contributed by atoms with Crippen molar-refractivity contribution in [2.24, 2.45) is 0 Å². The Morgan fingerprint density at radius 2 is 0.824 bits per heavy atom. The van der Waals surface area contributed by atoms with Crippen molar-refractivity contribution in [3.63, 3.8) is 0 Å². The highest BCUT2D eigenvalue weighted by Gasteiger charge is 2.26. The molecule has 4 heteroatoms. The van der Waals surface area contributed by atoms with Crippen LogP contribution < -0.4 is 0 Å². The van der Waals surface area contributed by atoms with E-state index in [4.69, 9.17) is 15.0 Å². The lowest BCUT2D eigenvalue weighted by Gasteiger charge is -2.17. The van der Waals surface area contributed by atoms with Crippen LogP contribution in [0.3, 0.4) is 0 Å². The van der Waals surface area contributed by atoms with Gasteiger partial charge in [0.25, 0.3) is 0 Å². The lowest BCUT2D eigenvalue weighted by molar-refractivity contribution is 1.06. The summed E-state index contributed by atoms with van der Waals surface area (Å²) < 4.78 is 2.42. The van der Waals surface area contributed by atoms with Crippen LogP contribution in [0.5, 0.6) is 0 Å². The van der Waals surface area contributed by atoms with Crippen molar-refractivity contribution in [2.45, 2.75) is 0 Å². The topological polar surface area (TPSA) is 43.6 Å². The van der Waals surface area contributed by atoms with Gasteiger partial charge in [0.05, 0.1) is 16.7 Å². The fourth-order valence-electron chi connectivity index (χ4n) is 8.11. The van der Waals surface area contributed by atoms with E-state index < -0.39 is 0 Å². The van der Waals surface area contributed by atoms with Crippen molar-refractivity contribution < 1.29 is 0 Å². The molecule has 0 saturated carbocycles. The van der Waals surface area contributed by atoms with E-state index in [-0.39, 0.29) is 0 Å². The van der Waals surface area contributed by atoms with E-state index in [1.165, 1.54) is 54.6 Å². The van der Waals surface area contributed by atoms with Crippen LogP contribution >= 0.6 is 0 Å². The Labute approximate surface area is 294 Å². The predicted molar refractivity (Wildman–Crippen MR) is 210 cm³/mol. The van der Waals surface area contributed by atoms with Crippen molar-refractivity contribution in [1.29, 1.82) is 0 Å². The minimum Gasteiger partial charge on any atom is -0.308 e. The van der Waals surface area contributed by atoms with Crippen LogP contribution in [-0.2, 0) is 0 Å². The van der Waals surface area contributed by atoms with Crippen LogP contribution in [0.2, 0.25) is 0 Å².